The summed E-state index contributed by atoms with van der Waals surface area (Å²) in [5.74, 6) is 1.15. The SMILES string of the molecule is CCCN(Cc1nc(C(F)(F)F)c(-c2ccc(-c3ncc(-c4cnc([C@@H]5CCCN5C(=O)[C@@H](C)N(CC)CC)[nH]4)cn3)cc2)[nH]1)C(=O)[C@H](C)N(CC)CC. The summed E-state index contributed by atoms with van der Waals surface area (Å²) < 4.78 is 42.8. The molecule has 0 bridgehead atoms. The van der Waals surface area contributed by atoms with E-state index in [1.165, 1.54) is 0 Å². The minimum atomic E-state index is -4.71. The fourth-order valence-corrected chi connectivity index (χ4v) is 7.36. The van der Waals surface area contributed by atoms with Crippen LogP contribution in [0.3, 0.4) is 0 Å². The normalized spacial score (nSPS) is 16.0. The number of aromatic amines is 2. The second-order valence-corrected chi connectivity index (χ2v) is 13.7. The molecule has 1 saturated heterocycles. The molecule has 292 valence electrons. The molecule has 12 nitrogen and oxygen atoms in total. The number of nitrogens with one attached hydrogen (secondary N) is 2. The lowest BCUT2D eigenvalue weighted by atomic mass is 10.1. The number of carbonyl (C=O) groups excluding carboxylic acids is 2. The number of H-pyrrole nitrogens is 2. The lowest BCUT2D eigenvalue weighted by Gasteiger charge is -2.31. The summed E-state index contributed by atoms with van der Waals surface area (Å²) in [5.41, 5.74) is 1.15. The first-order chi connectivity index (χ1) is 25.8. The van der Waals surface area contributed by atoms with Crippen LogP contribution in [0.1, 0.15) is 91.1 Å². The molecular formula is C39H53F3N10O2. The van der Waals surface area contributed by atoms with Gasteiger partial charge in [0.25, 0.3) is 0 Å². The predicted octanol–water partition coefficient (Wildman–Crippen LogP) is 6.81. The smallest absolute Gasteiger partial charge is 0.340 e. The summed E-state index contributed by atoms with van der Waals surface area (Å²) in [6.45, 7) is 17.8. The third-order valence-corrected chi connectivity index (χ3v) is 10.4. The van der Waals surface area contributed by atoms with Gasteiger partial charge in [0, 0.05) is 42.2 Å². The van der Waals surface area contributed by atoms with E-state index < -0.39 is 17.9 Å². The van der Waals surface area contributed by atoms with Crippen LogP contribution in [0.4, 0.5) is 13.2 Å². The summed E-state index contributed by atoms with van der Waals surface area (Å²) in [6.07, 6.45) is 2.73. The second kappa shape index (κ2) is 17.7. The lowest BCUT2D eigenvalue weighted by molar-refractivity contribution is -0.140. The Bertz CT molecular complexity index is 1830. The molecule has 2 N–H and O–H groups in total. The molecule has 3 aromatic heterocycles. The van der Waals surface area contributed by atoms with Crippen LogP contribution >= 0.6 is 0 Å². The fraction of sp³-hybridized carbons (Fsp3) is 0.538. The van der Waals surface area contributed by atoms with Crippen molar-refractivity contribution < 1.29 is 22.8 Å². The summed E-state index contributed by atoms with van der Waals surface area (Å²) in [5, 5.41) is 0. The molecule has 15 heteroatoms. The first kappa shape index (κ1) is 40.6. The number of rotatable bonds is 16. The molecule has 3 atom stereocenters. The van der Waals surface area contributed by atoms with Gasteiger partial charge in [-0.15, -0.1) is 0 Å². The highest BCUT2D eigenvalue weighted by molar-refractivity contribution is 5.82. The minimum absolute atomic E-state index is 0.0651. The number of nitrogens with zero attached hydrogens (tertiary/aromatic N) is 8. The van der Waals surface area contributed by atoms with Gasteiger partial charge in [-0.2, -0.15) is 13.2 Å². The molecule has 1 aliphatic rings. The van der Waals surface area contributed by atoms with Crippen LogP contribution < -0.4 is 0 Å². The van der Waals surface area contributed by atoms with Crippen LogP contribution in [0.15, 0.2) is 42.9 Å². The highest BCUT2D eigenvalue weighted by Crippen LogP contribution is 2.37. The maximum Gasteiger partial charge on any atom is 0.435 e. The van der Waals surface area contributed by atoms with Crippen LogP contribution in [0.25, 0.3) is 33.9 Å². The predicted molar refractivity (Wildman–Crippen MR) is 202 cm³/mol. The van der Waals surface area contributed by atoms with Crippen molar-refractivity contribution in [3.05, 3.63) is 60.2 Å². The molecule has 4 aromatic rings. The molecule has 1 fully saturated rings. The van der Waals surface area contributed by atoms with Crippen molar-refractivity contribution in [1.29, 1.82) is 0 Å². The number of alkyl halides is 3. The number of likely N-dealkylation sites (N-methyl/N-ethyl adjacent to an activating group) is 2. The Kier molecular flexibility index (Phi) is 13.3. The maximum atomic E-state index is 14.3. The third-order valence-electron chi connectivity index (χ3n) is 10.4. The second-order valence-electron chi connectivity index (χ2n) is 13.7. The van der Waals surface area contributed by atoms with E-state index >= 15 is 0 Å². The van der Waals surface area contributed by atoms with Gasteiger partial charge in [0.1, 0.15) is 11.6 Å². The quantitative estimate of drug-likeness (QED) is 0.128. The molecule has 0 aliphatic carbocycles. The number of hydrogen-bond donors (Lipinski definition) is 2. The lowest BCUT2D eigenvalue weighted by Crippen LogP contribution is -2.47. The van der Waals surface area contributed by atoms with Crippen molar-refractivity contribution in [2.45, 2.75) is 98.6 Å². The number of benzene rings is 1. The van der Waals surface area contributed by atoms with Gasteiger partial charge in [-0.05, 0) is 59.3 Å². The van der Waals surface area contributed by atoms with E-state index in [0.29, 0.717) is 55.1 Å². The largest absolute Gasteiger partial charge is 0.435 e. The Balaban J connectivity index is 1.31. The molecule has 54 heavy (non-hydrogen) atoms. The molecule has 4 heterocycles. The Labute approximate surface area is 315 Å². The van der Waals surface area contributed by atoms with Crippen LogP contribution in [0.2, 0.25) is 0 Å². The van der Waals surface area contributed by atoms with Crippen molar-refractivity contribution in [2.75, 3.05) is 39.3 Å². The van der Waals surface area contributed by atoms with Gasteiger partial charge >= 0.3 is 6.18 Å². The van der Waals surface area contributed by atoms with Gasteiger partial charge in [-0.3, -0.25) is 19.4 Å². The van der Waals surface area contributed by atoms with Crippen LogP contribution in [0, 0.1) is 0 Å². The number of aromatic nitrogens is 6. The van der Waals surface area contributed by atoms with E-state index in [0.717, 1.165) is 37.4 Å². The van der Waals surface area contributed by atoms with Gasteiger partial charge in [0.2, 0.25) is 11.8 Å². The molecule has 0 saturated carbocycles. The van der Waals surface area contributed by atoms with E-state index in [-0.39, 0.29) is 42.0 Å². The Morgan fingerprint density at radius 2 is 1.46 bits per heavy atom. The zero-order valence-electron chi connectivity index (χ0n) is 32.4. The molecule has 1 aromatic carbocycles. The van der Waals surface area contributed by atoms with Crippen LogP contribution in [-0.2, 0) is 22.3 Å². The van der Waals surface area contributed by atoms with Gasteiger partial charge in [0.15, 0.2) is 11.5 Å². The minimum Gasteiger partial charge on any atom is -0.340 e. The zero-order chi connectivity index (χ0) is 39.2. The Morgan fingerprint density at radius 1 is 0.852 bits per heavy atom. The summed E-state index contributed by atoms with van der Waals surface area (Å²) in [6, 6.07) is 5.74. The van der Waals surface area contributed by atoms with Crippen molar-refractivity contribution in [1.82, 2.24) is 49.5 Å². The molecular weight excluding hydrogens is 697 g/mol. The topological polar surface area (TPSA) is 130 Å². The average Bonchev–Trinajstić information content (AvgIpc) is 3.95. The van der Waals surface area contributed by atoms with E-state index in [4.69, 9.17) is 0 Å². The van der Waals surface area contributed by atoms with Gasteiger partial charge in [-0.1, -0.05) is 58.9 Å². The Morgan fingerprint density at radius 3 is 2.06 bits per heavy atom. The average molecular weight is 751 g/mol. The zero-order valence-corrected chi connectivity index (χ0v) is 32.4. The van der Waals surface area contributed by atoms with Gasteiger partial charge in [0.05, 0.1) is 42.3 Å². The highest BCUT2D eigenvalue weighted by Gasteiger charge is 2.39. The number of imidazole rings is 2. The molecule has 0 radical (unpaired) electrons. The first-order valence-corrected chi connectivity index (χ1v) is 19.1. The fourth-order valence-electron chi connectivity index (χ4n) is 7.36. The summed E-state index contributed by atoms with van der Waals surface area (Å²) in [4.78, 5) is 58.3. The van der Waals surface area contributed by atoms with E-state index in [2.05, 4.69) is 48.7 Å². The van der Waals surface area contributed by atoms with Crippen molar-refractivity contribution in [3.63, 3.8) is 0 Å². The van der Waals surface area contributed by atoms with Gasteiger partial charge in [-0.25, -0.2) is 19.9 Å². The van der Waals surface area contributed by atoms with E-state index in [1.54, 1.807) is 47.8 Å². The highest BCUT2D eigenvalue weighted by atomic mass is 19.4. The van der Waals surface area contributed by atoms with Crippen molar-refractivity contribution in [2.24, 2.45) is 0 Å². The third kappa shape index (κ3) is 8.84. The Hall–Kier alpha value is -4.63. The van der Waals surface area contributed by atoms with Crippen LogP contribution in [-0.4, -0.2) is 113 Å². The van der Waals surface area contributed by atoms with Gasteiger partial charge < -0.3 is 19.8 Å². The molecule has 2 amide bonds. The maximum absolute atomic E-state index is 14.3. The van der Waals surface area contributed by atoms with Crippen LogP contribution in [0.5, 0.6) is 0 Å². The first-order valence-electron chi connectivity index (χ1n) is 19.1. The molecule has 0 unspecified atom stereocenters. The summed E-state index contributed by atoms with van der Waals surface area (Å²) >= 11 is 0. The molecule has 0 spiro atoms. The van der Waals surface area contributed by atoms with Crippen molar-refractivity contribution in [3.8, 4) is 33.9 Å². The van der Waals surface area contributed by atoms with E-state index in [9.17, 15) is 22.8 Å². The monoisotopic (exact) mass is 750 g/mol. The molecule has 5 rings (SSSR count). The van der Waals surface area contributed by atoms with E-state index in [1.807, 2.05) is 44.4 Å². The number of amides is 2. The standard InChI is InChI=1S/C39H53F3N10O2/c1-8-19-51(37(53)25(6)49(9-2)10-3)24-32-47-33(34(48-32)39(40,41)42)27-15-17-28(18-16-27)35-43-21-29(22-44-35)30-23-45-36(46-30)31-14-13-20-52(31)38(54)26(7)50(11-4)12-5/h15-18,21-23,25-26,31H,8-14,19-20,24H2,1-7H3,(H,45,46)(H,47,48)/t25-,26+,31-/m0/s1. The summed E-state index contributed by atoms with van der Waals surface area (Å²) in [7, 11) is 0. The van der Waals surface area contributed by atoms with Crippen molar-refractivity contribution >= 4 is 11.8 Å². The number of likely N-dealkylation sites (tertiary alicyclic amines) is 1. The molecule has 1 aliphatic heterocycles. The number of carbonyl (C=O) groups is 2. The number of halogens is 3. The number of hydrogen-bond acceptors (Lipinski definition) is 8.